The second-order valence-electron chi connectivity index (χ2n) is 8.73. The number of quaternary nitrogens is 1. The standard InChI is InChI=1S/C26H29N6O3/c1-20(33)30(31-12-11-22-17-28-19-29-26(22)31)13-14-32(27)15-16-34-18-25(32)21-7-9-24(10-8-21)35-23-5-3-2-4-6-23/h2-12,17,19,25H,13-16,18,27H2,1H3/q+1. The lowest BCUT2D eigenvalue weighted by molar-refractivity contribution is -0.974. The Morgan fingerprint density at radius 2 is 1.94 bits per heavy atom. The molecule has 2 atom stereocenters. The number of hydrogen-bond donors (Lipinski definition) is 1. The summed E-state index contributed by atoms with van der Waals surface area (Å²) < 4.78 is 13.8. The van der Waals surface area contributed by atoms with Crippen LogP contribution in [0.15, 0.2) is 79.4 Å². The third kappa shape index (κ3) is 4.88. The molecule has 2 N–H and O–H groups in total. The van der Waals surface area contributed by atoms with Crippen LogP contribution in [0.3, 0.4) is 0 Å². The molecule has 4 aromatic rings. The summed E-state index contributed by atoms with van der Waals surface area (Å²) >= 11 is 0. The SMILES string of the molecule is CC(=O)N(CC[N+]1(N)CCOCC1c1ccc(Oc2ccccc2)cc1)n1ccc2cncnc21. The van der Waals surface area contributed by atoms with Crippen molar-refractivity contribution in [2.24, 2.45) is 5.84 Å². The van der Waals surface area contributed by atoms with Crippen LogP contribution in [0.2, 0.25) is 0 Å². The van der Waals surface area contributed by atoms with E-state index in [1.54, 1.807) is 22.8 Å². The number of para-hydroxylation sites is 1. The molecule has 2 unspecified atom stereocenters. The van der Waals surface area contributed by atoms with Crippen molar-refractivity contribution < 1.29 is 18.9 Å². The zero-order valence-corrected chi connectivity index (χ0v) is 19.7. The Labute approximate surface area is 203 Å². The van der Waals surface area contributed by atoms with Crippen LogP contribution in [-0.2, 0) is 9.53 Å². The number of ether oxygens (including phenoxy) is 2. The predicted octanol–water partition coefficient (Wildman–Crippen LogP) is 3.17. The Kier molecular flexibility index (Phi) is 6.45. The lowest BCUT2D eigenvalue weighted by Crippen LogP contribution is -2.64. The normalized spacial score (nSPS) is 20.0. The van der Waals surface area contributed by atoms with Crippen molar-refractivity contribution in [3.05, 3.63) is 84.9 Å². The number of hydrogen-bond acceptors (Lipinski definition) is 6. The number of benzene rings is 2. The molecule has 2 aromatic carbocycles. The van der Waals surface area contributed by atoms with Crippen LogP contribution >= 0.6 is 0 Å². The number of nitrogens with two attached hydrogens (primary N) is 1. The Bertz CT molecular complexity index is 1290. The van der Waals surface area contributed by atoms with Gasteiger partial charge < -0.3 is 9.47 Å². The first-order chi connectivity index (χ1) is 17.0. The molecule has 5 rings (SSSR count). The largest absolute Gasteiger partial charge is 0.457 e. The molecule has 1 saturated heterocycles. The van der Waals surface area contributed by atoms with Gasteiger partial charge in [0.25, 0.3) is 0 Å². The number of amides is 1. The van der Waals surface area contributed by atoms with E-state index in [9.17, 15) is 4.79 Å². The molecular weight excluding hydrogens is 444 g/mol. The minimum absolute atomic E-state index is 0.0629. The molecule has 0 bridgehead atoms. The number of fused-ring (bicyclic) bond motifs is 1. The minimum Gasteiger partial charge on any atom is -0.457 e. The highest BCUT2D eigenvalue weighted by Crippen LogP contribution is 2.31. The van der Waals surface area contributed by atoms with Gasteiger partial charge in [-0.3, -0.25) is 4.79 Å². The second-order valence-corrected chi connectivity index (χ2v) is 8.73. The highest BCUT2D eigenvalue weighted by molar-refractivity contribution is 5.86. The molecule has 3 heterocycles. The van der Waals surface area contributed by atoms with E-state index in [1.807, 2.05) is 66.9 Å². The van der Waals surface area contributed by atoms with Crippen molar-refractivity contribution in [3.63, 3.8) is 0 Å². The monoisotopic (exact) mass is 473 g/mol. The van der Waals surface area contributed by atoms with E-state index >= 15 is 0 Å². The molecule has 1 aliphatic rings. The van der Waals surface area contributed by atoms with E-state index < -0.39 is 0 Å². The van der Waals surface area contributed by atoms with Crippen LogP contribution in [0.25, 0.3) is 11.0 Å². The second kappa shape index (κ2) is 9.83. The highest BCUT2D eigenvalue weighted by atomic mass is 16.5. The zero-order chi connectivity index (χ0) is 24.3. The van der Waals surface area contributed by atoms with Crippen LogP contribution in [0.1, 0.15) is 18.5 Å². The lowest BCUT2D eigenvalue weighted by Gasteiger charge is -2.43. The van der Waals surface area contributed by atoms with Crippen LogP contribution in [0.4, 0.5) is 0 Å². The van der Waals surface area contributed by atoms with Crippen molar-refractivity contribution in [1.82, 2.24) is 14.6 Å². The van der Waals surface area contributed by atoms with Gasteiger partial charge in [0.15, 0.2) is 11.7 Å². The van der Waals surface area contributed by atoms with Gasteiger partial charge in [-0.1, -0.05) is 18.2 Å². The number of carbonyl (C=O) groups is 1. The fourth-order valence-corrected chi connectivity index (χ4v) is 4.53. The van der Waals surface area contributed by atoms with Crippen LogP contribution in [-0.4, -0.2) is 58.0 Å². The van der Waals surface area contributed by atoms with Crippen molar-refractivity contribution in [2.45, 2.75) is 13.0 Å². The summed E-state index contributed by atoms with van der Waals surface area (Å²) in [6.45, 7) is 4.27. The molecule has 35 heavy (non-hydrogen) atoms. The first kappa shape index (κ1) is 23.0. The van der Waals surface area contributed by atoms with Crippen LogP contribution in [0, 0.1) is 0 Å². The van der Waals surface area contributed by atoms with E-state index in [0.29, 0.717) is 38.5 Å². The van der Waals surface area contributed by atoms with Gasteiger partial charge in [0.2, 0.25) is 5.91 Å². The summed E-state index contributed by atoms with van der Waals surface area (Å²) in [5, 5.41) is 2.54. The van der Waals surface area contributed by atoms with Crippen LogP contribution in [0.5, 0.6) is 11.5 Å². The first-order valence-corrected chi connectivity index (χ1v) is 11.6. The molecule has 9 nitrogen and oxygen atoms in total. The number of aromatic nitrogens is 3. The van der Waals surface area contributed by atoms with Crippen molar-refractivity contribution in [1.29, 1.82) is 0 Å². The summed E-state index contributed by atoms with van der Waals surface area (Å²) in [4.78, 5) is 21.0. The quantitative estimate of drug-likeness (QED) is 0.327. The van der Waals surface area contributed by atoms with Gasteiger partial charge in [-0.05, 0) is 42.5 Å². The summed E-state index contributed by atoms with van der Waals surface area (Å²) in [5.74, 6) is 8.43. The Hall–Kier alpha value is -3.79. The zero-order valence-electron chi connectivity index (χ0n) is 19.7. The first-order valence-electron chi connectivity index (χ1n) is 11.6. The van der Waals surface area contributed by atoms with E-state index in [4.69, 9.17) is 15.3 Å². The third-order valence-electron chi connectivity index (χ3n) is 6.47. The predicted molar refractivity (Wildman–Crippen MR) is 132 cm³/mol. The van der Waals surface area contributed by atoms with Gasteiger partial charge in [0.05, 0.1) is 13.2 Å². The smallest absolute Gasteiger partial charge is 0.238 e. The Morgan fingerprint density at radius 1 is 1.17 bits per heavy atom. The molecule has 0 spiro atoms. The molecule has 180 valence electrons. The fourth-order valence-electron chi connectivity index (χ4n) is 4.53. The number of morpholine rings is 1. The molecule has 9 heteroatoms. The van der Waals surface area contributed by atoms with Gasteiger partial charge in [-0.25, -0.2) is 24.2 Å². The molecule has 0 aliphatic carbocycles. The lowest BCUT2D eigenvalue weighted by atomic mass is 10.0. The third-order valence-corrected chi connectivity index (χ3v) is 6.47. The molecule has 1 amide bonds. The van der Waals surface area contributed by atoms with Crippen molar-refractivity contribution >= 4 is 16.9 Å². The average molecular weight is 474 g/mol. The van der Waals surface area contributed by atoms with Gasteiger partial charge in [-0.2, -0.15) is 5.84 Å². The van der Waals surface area contributed by atoms with E-state index in [2.05, 4.69) is 9.97 Å². The van der Waals surface area contributed by atoms with Crippen molar-refractivity contribution in [3.8, 4) is 11.5 Å². The molecule has 0 radical (unpaired) electrons. The van der Waals surface area contributed by atoms with Gasteiger partial charge in [0.1, 0.15) is 37.5 Å². The molecule has 0 saturated carbocycles. The number of nitrogens with zero attached hydrogens (tertiary/aromatic N) is 5. The summed E-state index contributed by atoms with van der Waals surface area (Å²) in [5.41, 5.74) is 1.76. The topological polar surface area (TPSA) is 95.5 Å². The Morgan fingerprint density at radius 3 is 2.71 bits per heavy atom. The van der Waals surface area contributed by atoms with E-state index in [1.165, 1.54) is 6.33 Å². The van der Waals surface area contributed by atoms with E-state index in [-0.39, 0.29) is 16.5 Å². The maximum Gasteiger partial charge on any atom is 0.238 e. The van der Waals surface area contributed by atoms with Gasteiger partial charge in [0, 0.05) is 30.3 Å². The summed E-state index contributed by atoms with van der Waals surface area (Å²) in [7, 11) is 0. The molecular formula is C26H29N6O3+. The van der Waals surface area contributed by atoms with E-state index in [0.717, 1.165) is 22.4 Å². The van der Waals surface area contributed by atoms with Crippen molar-refractivity contribution in [2.75, 3.05) is 37.9 Å². The summed E-state index contributed by atoms with van der Waals surface area (Å²) in [6.07, 6.45) is 5.05. The molecule has 2 aromatic heterocycles. The number of carbonyl (C=O) groups excluding carboxylic acids is 1. The maximum atomic E-state index is 12.6. The molecule has 1 aliphatic heterocycles. The maximum absolute atomic E-state index is 12.6. The fraction of sp³-hybridized carbons (Fsp3) is 0.269. The average Bonchev–Trinajstić information content (AvgIpc) is 3.29. The van der Waals surface area contributed by atoms with Gasteiger partial charge in [-0.15, -0.1) is 0 Å². The van der Waals surface area contributed by atoms with Gasteiger partial charge >= 0.3 is 0 Å². The Balaban J connectivity index is 1.33. The minimum atomic E-state index is -0.0834. The molecule has 1 fully saturated rings. The summed E-state index contributed by atoms with van der Waals surface area (Å²) in [6, 6.07) is 19.5. The number of rotatable bonds is 7. The highest BCUT2D eigenvalue weighted by Gasteiger charge is 2.39. The van der Waals surface area contributed by atoms with Crippen LogP contribution < -0.4 is 15.6 Å².